The van der Waals surface area contributed by atoms with E-state index in [1.54, 1.807) is 0 Å². The summed E-state index contributed by atoms with van der Waals surface area (Å²) >= 11 is 7.32. The third-order valence-corrected chi connectivity index (χ3v) is 7.80. The molecule has 0 aromatic heterocycles. The topological polar surface area (TPSA) is 33.3 Å². The molecule has 1 aliphatic rings. The van der Waals surface area contributed by atoms with Crippen LogP contribution < -0.4 is 10.6 Å². The molecule has 5 heteroatoms. The van der Waals surface area contributed by atoms with Gasteiger partial charge in [0.25, 0.3) is 5.17 Å². The van der Waals surface area contributed by atoms with Crippen LogP contribution in [0.25, 0.3) is 0 Å². The second-order valence-electron chi connectivity index (χ2n) is 11.8. The molecule has 1 aliphatic heterocycles. The van der Waals surface area contributed by atoms with Crippen molar-refractivity contribution in [1.29, 1.82) is 0 Å². The number of hydrogen-bond acceptors (Lipinski definition) is 4. The Labute approximate surface area is 223 Å². The Kier molecular flexibility index (Phi) is 9.70. The third-order valence-electron chi connectivity index (χ3n) is 6.87. The van der Waals surface area contributed by atoms with Crippen LogP contribution >= 0.6 is 24.0 Å². The molecule has 35 heavy (non-hydrogen) atoms. The van der Waals surface area contributed by atoms with Crippen LogP contribution in [0.3, 0.4) is 0 Å². The molecule has 2 atom stereocenters. The summed E-state index contributed by atoms with van der Waals surface area (Å²) in [5.41, 5.74) is 5.70. The second-order valence-corrected chi connectivity index (χ2v) is 13.1. The quantitative estimate of drug-likeness (QED) is 0.301. The van der Waals surface area contributed by atoms with Gasteiger partial charge in [-0.3, -0.25) is 0 Å². The number of benzene rings is 2. The van der Waals surface area contributed by atoms with E-state index in [1.807, 2.05) is 11.8 Å². The van der Waals surface area contributed by atoms with Gasteiger partial charge >= 0.3 is 0 Å². The summed E-state index contributed by atoms with van der Waals surface area (Å²) in [6, 6.07) is 18.7. The minimum Gasteiger partial charge on any atom is -0.466 e. The molecule has 1 saturated heterocycles. The van der Waals surface area contributed by atoms with Crippen LogP contribution in [0.2, 0.25) is 0 Å². The number of thiocarbonyl (C=S) groups is 1. The van der Waals surface area contributed by atoms with Crippen molar-refractivity contribution in [1.82, 2.24) is 10.6 Å². The van der Waals surface area contributed by atoms with E-state index in [2.05, 4.69) is 107 Å². The van der Waals surface area contributed by atoms with Gasteiger partial charge in [0.2, 0.25) is 0 Å². The zero-order valence-electron chi connectivity index (χ0n) is 22.6. The van der Waals surface area contributed by atoms with E-state index in [-0.39, 0.29) is 22.9 Å². The van der Waals surface area contributed by atoms with Crippen molar-refractivity contribution in [2.75, 3.05) is 25.1 Å². The smallest absolute Gasteiger partial charge is 0.256 e. The minimum absolute atomic E-state index is 0.0887. The standard InChI is InChI=1S/C30H44N2OS2/c1-29(2,3)23-13-9-21(10-14-23)27(22-11-15-24(16-12-22)30(4,5)6)26-19-25(20-32-26)33-28(34)31-17-8-18-35-7/h9-16,25-27,32H,8,17-20H2,1-7H3,(H,31,34)/t25-,26-/m1/s1. The largest absolute Gasteiger partial charge is 0.466 e. The fraction of sp³-hybridized carbons (Fsp3) is 0.567. The van der Waals surface area contributed by atoms with Crippen molar-refractivity contribution in [3.05, 3.63) is 70.8 Å². The van der Waals surface area contributed by atoms with Gasteiger partial charge in [-0.05, 0) is 63.7 Å². The molecule has 0 saturated carbocycles. The van der Waals surface area contributed by atoms with E-state index in [0.29, 0.717) is 11.2 Å². The zero-order chi connectivity index (χ0) is 25.6. The molecule has 2 N–H and O–H groups in total. The molecular formula is C30H44N2OS2. The van der Waals surface area contributed by atoms with Crippen LogP contribution in [0.4, 0.5) is 0 Å². The van der Waals surface area contributed by atoms with Crippen LogP contribution in [0.1, 0.15) is 82.6 Å². The summed E-state index contributed by atoms with van der Waals surface area (Å²) < 4.78 is 6.12. The van der Waals surface area contributed by atoms with E-state index in [9.17, 15) is 0 Å². The first-order valence-corrected chi connectivity index (χ1v) is 14.7. The molecule has 2 aromatic rings. The lowest BCUT2D eigenvalue weighted by molar-refractivity contribution is 0.202. The predicted molar refractivity (Wildman–Crippen MR) is 157 cm³/mol. The van der Waals surface area contributed by atoms with Gasteiger partial charge in [0.05, 0.1) is 0 Å². The van der Waals surface area contributed by atoms with Crippen molar-refractivity contribution >= 4 is 29.2 Å². The fourth-order valence-electron chi connectivity index (χ4n) is 4.71. The van der Waals surface area contributed by atoms with Crippen LogP contribution in [-0.2, 0) is 15.6 Å². The molecule has 192 valence electrons. The highest BCUT2D eigenvalue weighted by molar-refractivity contribution is 7.98. The first-order valence-electron chi connectivity index (χ1n) is 12.9. The molecule has 0 aliphatic carbocycles. The van der Waals surface area contributed by atoms with Gasteiger partial charge in [0.1, 0.15) is 6.10 Å². The summed E-state index contributed by atoms with van der Waals surface area (Å²) in [7, 11) is 0. The molecule has 0 amide bonds. The van der Waals surface area contributed by atoms with E-state index < -0.39 is 0 Å². The first kappa shape index (κ1) is 28.0. The Morgan fingerprint density at radius 3 is 1.94 bits per heavy atom. The molecule has 0 unspecified atom stereocenters. The summed E-state index contributed by atoms with van der Waals surface area (Å²) in [5, 5.41) is 7.55. The SMILES string of the molecule is CSCCCNC(=S)O[C@H]1CN[C@@H](C(c2ccc(C(C)(C)C)cc2)c2ccc(C(C)(C)C)cc2)C1. The van der Waals surface area contributed by atoms with Crippen LogP contribution in [-0.4, -0.2) is 42.4 Å². The lowest BCUT2D eigenvalue weighted by Gasteiger charge is -2.27. The van der Waals surface area contributed by atoms with Gasteiger partial charge in [-0.2, -0.15) is 11.8 Å². The van der Waals surface area contributed by atoms with Crippen molar-refractivity contribution in [2.45, 2.75) is 83.3 Å². The van der Waals surface area contributed by atoms with Crippen LogP contribution in [0, 0.1) is 0 Å². The van der Waals surface area contributed by atoms with Crippen LogP contribution in [0.15, 0.2) is 48.5 Å². The van der Waals surface area contributed by atoms with Gasteiger partial charge in [0, 0.05) is 31.5 Å². The normalized spacial score (nSPS) is 18.6. The molecule has 3 rings (SSSR count). The highest BCUT2D eigenvalue weighted by Crippen LogP contribution is 2.35. The van der Waals surface area contributed by atoms with Gasteiger partial charge in [-0.25, -0.2) is 0 Å². The van der Waals surface area contributed by atoms with E-state index in [1.165, 1.54) is 22.3 Å². The van der Waals surface area contributed by atoms with Crippen molar-refractivity contribution in [3.63, 3.8) is 0 Å². The summed E-state index contributed by atoms with van der Waals surface area (Å²) in [4.78, 5) is 0. The molecule has 0 spiro atoms. The number of ether oxygens (including phenoxy) is 1. The summed E-state index contributed by atoms with van der Waals surface area (Å²) in [5.74, 6) is 1.39. The Balaban J connectivity index is 1.78. The van der Waals surface area contributed by atoms with E-state index in [0.717, 1.165) is 31.7 Å². The third kappa shape index (κ3) is 7.96. The van der Waals surface area contributed by atoms with Crippen molar-refractivity contribution in [3.8, 4) is 0 Å². The Morgan fingerprint density at radius 2 is 1.49 bits per heavy atom. The maximum Gasteiger partial charge on any atom is 0.256 e. The maximum absolute atomic E-state index is 6.12. The van der Waals surface area contributed by atoms with Gasteiger partial charge in [-0.15, -0.1) is 0 Å². The van der Waals surface area contributed by atoms with Crippen LogP contribution in [0.5, 0.6) is 0 Å². The fourth-order valence-corrected chi connectivity index (χ4v) is 5.39. The average Bonchev–Trinajstić information content (AvgIpc) is 3.24. The Bertz CT molecular complexity index is 885. The van der Waals surface area contributed by atoms with Crippen molar-refractivity contribution in [2.24, 2.45) is 0 Å². The lowest BCUT2D eigenvalue weighted by Crippen LogP contribution is -2.30. The molecular weight excluding hydrogens is 468 g/mol. The minimum atomic E-state index is 0.0887. The maximum atomic E-state index is 6.12. The molecule has 3 nitrogen and oxygen atoms in total. The number of thioether (sulfide) groups is 1. The average molecular weight is 513 g/mol. The summed E-state index contributed by atoms with van der Waals surface area (Å²) in [6.45, 7) is 15.3. The van der Waals surface area contributed by atoms with Gasteiger partial charge < -0.3 is 15.4 Å². The molecule has 0 radical (unpaired) electrons. The molecule has 1 heterocycles. The molecule has 1 fully saturated rings. The highest BCUT2D eigenvalue weighted by Gasteiger charge is 2.34. The predicted octanol–water partition coefficient (Wildman–Crippen LogP) is 6.79. The van der Waals surface area contributed by atoms with Gasteiger partial charge in [-0.1, -0.05) is 90.1 Å². The Hall–Kier alpha value is -1.56. The number of nitrogens with one attached hydrogen (secondary N) is 2. The first-order chi connectivity index (χ1) is 16.5. The number of hydrogen-bond donors (Lipinski definition) is 2. The molecule has 0 bridgehead atoms. The van der Waals surface area contributed by atoms with E-state index >= 15 is 0 Å². The second kappa shape index (κ2) is 12.1. The van der Waals surface area contributed by atoms with E-state index in [4.69, 9.17) is 17.0 Å². The monoisotopic (exact) mass is 512 g/mol. The highest BCUT2D eigenvalue weighted by atomic mass is 32.2. The zero-order valence-corrected chi connectivity index (χ0v) is 24.2. The lowest BCUT2D eigenvalue weighted by atomic mass is 9.80. The molecule has 2 aromatic carbocycles. The van der Waals surface area contributed by atoms with Crippen molar-refractivity contribution < 1.29 is 4.74 Å². The Morgan fingerprint density at radius 1 is 0.971 bits per heavy atom. The van der Waals surface area contributed by atoms with Gasteiger partial charge in [0.15, 0.2) is 0 Å². The number of rotatable bonds is 8. The summed E-state index contributed by atoms with van der Waals surface area (Å²) in [6.07, 6.45) is 4.24.